The van der Waals surface area contributed by atoms with Crippen molar-refractivity contribution in [3.8, 4) is 0 Å². The molecule has 4 heteroatoms. The first kappa shape index (κ1) is 24.1. The third kappa shape index (κ3) is 17.7. The molecule has 0 aliphatic rings. The van der Waals surface area contributed by atoms with Gasteiger partial charge in [0, 0.05) is 6.42 Å². The van der Waals surface area contributed by atoms with Crippen LogP contribution in [0.25, 0.3) is 0 Å². The highest BCUT2D eigenvalue weighted by molar-refractivity contribution is 5.66. The quantitative estimate of drug-likeness (QED) is 0.236. The van der Waals surface area contributed by atoms with Crippen molar-refractivity contribution in [1.82, 2.24) is 0 Å². The minimum absolute atomic E-state index is 0.184. The van der Waals surface area contributed by atoms with Crippen LogP contribution in [0.3, 0.4) is 0 Å². The maximum Gasteiger partial charge on any atom is 0.303 e. The highest BCUT2D eigenvalue weighted by Crippen LogP contribution is 2.21. The minimum Gasteiger partial charge on any atom is -0.481 e. The molecule has 0 heterocycles. The maximum atomic E-state index is 10.5. The Hall–Kier alpha value is -0.870. The van der Waals surface area contributed by atoms with Crippen molar-refractivity contribution >= 4 is 5.97 Å². The van der Waals surface area contributed by atoms with Gasteiger partial charge in [0.1, 0.15) is 0 Å². The van der Waals surface area contributed by atoms with Crippen molar-refractivity contribution in [3.63, 3.8) is 0 Å². The number of hydrogen-bond donors (Lipinski definition) is 3. The third-order valence-electron chi connectivity index (χ3n) is 4.68. The molecule has 0 aliphatic heterocycles. The molecule has 2 atom stereocenters. The van der Waals surface area contributed by atoms with Crippen LogP contribution in [0.4, 0.5) is 0 Å². The average Bonchev–Trinajstić information content (AvgIpc) is 2.59. The molecule has 3 N–H and O–H groups in total. The number of aliphatic carboxylic acids is 1. The molecule has 0 bridgehead atoms. The molecule has 0 aliphatic carbocycles. The summed E-state index contributed by atoms with van der Waals surface area (Å²) in [5.74, 6) is -0.363. The summed E-state index contributed by atoms with van der Waals surface area (Å²) in [7, 11) is 0. The second kappa shape index (κ2) is 17.9. The predicted molar refractivity (Wildman–Crippen MR) is 104 cm³/mol. The summed E-state index contributed by atoms with van der Waals surface area (Å²) >= 11 is 0. The topological polar surface area (TPSA) is 77.8 Å². The number of unbranched alkanes of at least 4 members (excludes halogenated alkanes) is 8. The Morgan fingerprint density at radius 3 is 2.32 bits per heavy atom. The largest absolute Gasteiger partial charge is 0.481 e. The van der Waals surface area contributed by atoms with E-state index in [1.807, 2.05) is 0 Å². The van der Waals surface area contributed by atoms with E-state index in [2.05, 4.69) is 19.1 Å². The average molecular weight is 357 g/mol. The van der Waals surface area contributed by atoms with Crippen LogP contribution < -0.4 is 0 Å². The number of carbonyl (C=O) groups is 1. The van der Waals surface area contributed by atoms with Crippen LogP contribution in [-0.2, 0) is 4.79 Å². The first-order valence-corrected chi connectivity index (χ1v) is 10.3. The van der Waals surface area contributed by atoms with Gasteiger partial charge in [-0.15, -0.1) is 0 Å². The van der Waals surface area contributed by atoms with Gasteiger partial charge in [0.05, 0.1) is 12.7 Å². The zero-order valence-electron chi connectivity index (χ0n) is 16.2. The molecule has 0 saturated carbocycles. The van der Waals surface area contributed by atoms with Crippen molar-refractivity contribution in [2.24, 2.45) is 5.92 Å². The Labute approximate surface area is 154 Å². The van der Waals surface area contributed by atoms with E-state index in [0.717, 1.165) is 38.5 Å². The third-order valence-corrected chi connectivity index (χ3v) is 4.68. The van der Waals surface area contributed by atoms with Gasteiger partial charge in [-0.2, -0.15) is 0 Å². The molecule has 0 radical (unpaired) electrons. The summed E-state index contributed by atoms with van der Waals surface area (Å²) in [6, 6.07) is 0. The van der Waals surface area contributed by atoms with Gasteiger partial charge in [0.25, 0.3) is 0 Å². The van der Waals surface area contributed by atoms with E-state index in [4.69, 9.17) is 10.2 Å². The van der Waals surface area contributed by atoms with E-state index < -0.39 is 12.1 Å². The molecular weight excluding hydrogens is 316 g/mol. The van der Waals surface area contributed by atoms with Crippen LogP contribution in [0.1, 0.15) is 96.8 Å². The zero-order valence-corrected chi connectivity index (χ0v) is 16.2. The molecule has 0 aromatic heterocycles. The van der Waals surface area contributed by atoms with Gasteiger partial charge >= 0.3 is 5.97 Å². The lowest BCUT2D eigenvalue weighted by Crippen LogP contribution is -2.17. The molecule has 4 nitrogen and oxygen atoms in total. The van der Waals surface area contributed by atoms with E-state index in [-0.39, 0.29) is 13.0 Å². The van der Waals surface area contributed by atoms with Gasteiger partial charge in [-0.25, -0.2) is 0 Å². The minimum atomic E-state index is -0.732. The van der Waals surface area contributed by atoms with Crippen molar-refractivity contribution in [3.05, 3.63) is 12.2 Å². The highest BCUT2D eigenvalue weighted by Gasteiger charge is 2.12. The first-order valence-electron chi connectivity index (χ1n) is 10.3. The van der Waals surface area contributed by atoms with Crippen molar-refractivity contribution in [2.45, 2.75) is 103 Å². The Balaban J connectivity index is 3.89. The molecule has 0 aromatic carbocycles. The molecule has 0 rings (SSSR count). The number of hydrogen-bond acceptors (Lipinski definition) is 3. The summed E-state index contributed by atoms with van der Waals surface area (Å²) < 4.78 is 0. The number of carboxylic acids is 1. The molecule has 25 heavy (non-hydrogen) atoms. The van der Waals surface area contributed by atoms with Crippen LogP contribution in [0.5, 0.6) is 0 Å². The summed E-state index contributed by atoms with van der Waals surface area (Å²) in [6.45, 7) is 2.05. The van der Waals surface area contributed by atoms with E-state index in [1.165, 1.54) is 38.5 Å². The van der Waals surface area contributed by atoms with Crippen molar-refractivity contribution in [2.75, 3.05) is 6.61 Å². The number of rotatable bonds is 18. The number of aliphatic hydroxyl groups is 2. The standard InChI is InChI=1S/C21H40O4/c1-2-3-4-5-6-7-8-9-11-14-19(17-20(23)18-22)15-12-10-13-16-21(24)25/h9,11,19-20,22-23H,2-8,10,12-18H2,1H3,(H,24,25). The Kier molecular flexibility index (Phi) is 17.3. The molecule has 148 valence electrons. The lowest BCUT2D eigenvalue weighted by atomic mass is 9.91. The second-order valence-corrected chi connectivity index (χ2v) is 7.19. The fourth-order valence-corrected chi connectivity index (χ4v) is 3.13. The van der Waals surface area contributed by atoms with Crippen LogP contribution in [0.15, 0.2) is 12.2 Å². The van der Waals surface area contributed by atoms with Crippen LogP contribution >= 0.6 is 0 Å². The fourth-order valence-electron chi connectivity index (χ4n) is 3.13. The Morgan fingerprint density at radius 1 is 0.960 bits per heavy atom. The molecule has 0 amide bonds. The van der Waals surface area contributed by atoms with Gasteiger partial charge in [-0.1, -0.05) is 70.4 Å². The molecule has 0 fully saturated rings. The normalized spacial score (nSPS) is 14.0. The van der Waals surface area contributed by atoms with Gasteiger partial charge in [-0.05, 0) is 38.0 Å². The van der Waals surface area contributed by atoms with Gasteiger partial charge < -0.3 is 15.3 Å². The Morgan fingerprint density at radius 2 is 1.64 bits per heavy atom. The number of aliphatic hydroxyl groups excluding tert-OH is 2. The second-order valence-electron chi connectivity index (χ2n) is 7.19. The predicted octanol–water partition coefficient (Wildman–Crippen LogP) is 5.08. The van der Waals surface area contributed by atoms with E-state index in [0.29, 0.717) is 12.3 Å². The summed E-state index contributed by atoms with van der Waals surface area (Å²) in [6.07, 6.45) is 18.2. The first-order chi connectivity index (χ1) is 12.1. The SMILES string of the molecule is CCCCCCCCC=CCC(CCCCCC(=O)O)CC(O)CO. The molecule has 0 saturated heterocycles. The number of allylic oxidation sites excluding steroid dienone is 2. The number of carboxylic acid groups (broad SMARTS) is 1. The Bertz CT molecular complexity index is 328. The van der Waals surface area contributed by atoms with Crippen LogP contribution in [0.2, 0.25) is 0 Å². The summed E-state index contributed by atoms with van der Waals surface area (Å²) in [4.78, 5) is 10.5. The summed E-state index contributed by atoms with van der Waals surface area (Å²) in [5, 5.41) is 27.4. The lowest BCUT2D eigenvalue weighted by Gasteiger charge is -2.17. The van der Waals surface area contributed by atoms with Crippen LogP contribution in [-0.4, -0.2) is 34.0 Å². The fraction of sp³-hybridized carbons (Fsp3) is 0.857. The van der Waals surface area contributed by atoms with E-state index in [9.17, 15) is 9.90 Å². The molecule has 0 aromatic rings. The van der Waals surface area contributed by atoms with Gasteiger partial charge in [0.15, 0.2) is 0 Å². The monoisotopic (exact) mass is 356 g/mol. The zero-order chi connectivity index (χ0) is 18.8. The van der Waals surface area contributed by atoms with E-state index >= 15 is 0 Å². The van der Waals surface area contributed by atoms with Gasteiger partial charge in [-0.3, -0.25) is 4.79 Å². The summed E-state index contributed by atoms with van der Waals surface area (Å²) in [5.41, 5.74) is 0. The maximum absolute atomic E-state index is 10.5. The van der Waals surface area contributed by atoms with E-state index in [1.54, 1.807) is 0 Å². The van der Waals surface area contributed by atoms with Crippen LogP contribution in [0, 0.1) is 5.92 Å². The highest BCUT2D eigenvalue weighted by atomic mass is 16.4. The molecule has 2 unspecified atom stereocenters. The smallest absolute Gasteiger partial charge is 0.303 e. The van der Waals surface area contributed by atoms with Crippen molar-refractivity contribution in [1.29, 1.82) is 0 Å². The lowest BCUT2D eigenvalue weighted by molar-refractivity contribution is -0.137. The molecule has 0 spiro atoms. The van der Waals surface area contributed by atoms with Crippen molar-refractivity contribution < 1.29 is 20.1 Å². The molecular formula is C21H40O4. The van der Waals surface area contributed by atoms with Gasteiger partial charge in [0.2, 0.25) is 0 Å².